The summed E-state index contributed by atoms with van der Waals surface area (Å²) in [6, 6.07) is -0.567. The molecule has 0 spiro atoms. The van der Waals surface area contributed by atoms with E-state index in [0.29, 0.717) is 6.54 Å². The number of aromatic nitrogens is 2. The maximum atomic E-state index is 12.4. The number of nitrogens with zero attached hydrogens (tertiary/aromatic N) is 2. The zero-order valence-electron chi connectivity index (χ0n) is 13.7. The summed E-state index contributed by atoms with van der Waals surface area (Å²) < 4.78 is 27.1. The molecule has 3 unspecified atom stereocenters. The normalized spacial score (nSPS) is 22.9. The lowest BCUT2D eigenvalue weighted by atomic mass is 10.0. The maximum absolute atomic E-state index is 12.4. The highest BCUT2D eigenvalue weighted by atomic mass is 32.2. The number of aryl methyl sites for hydroxylation is 1. The van der Waals surface area contributed by atoms with Gasteiger partial charge in [0.25, 0.3) is 0 Å². The Bertz CT molecular complexity index is 643. The minimum atomic E-state index is -3.23. The van der Waals surface area contributed by atoms with Crippen molar-refractivity contribution in [2.24, 2.45) is 13.0 Å². The standard InChI is InChI=1S/C14H25N5O3S/c1-15-13(11-8-17-19(2)9-11)14(20)16-7-10-5-4-6-12(10)18-23(3,21)22/h8-10,12-13,15,18H,4-7H2,1-3H3,(H,16,20). The molecule has 1 heterocycles. The van der Waals surface area contributed by atoms with E-state index in [-0.39, 0.29) is 17.9 Å². The van der Waals surface area contributed by atoms with Gasteiger partial charge in [-0.3, -0.25) is 9.48 Å². The Morgan fingerprint density at radius 2 is 2.22 bits per heavy atom. The number of sulfonamides is 1. The van der Waals surface area contributed by atoms with Crippen LogP contribution in [-0.4, -0.2) is 50.0 Å². The Hall–Kier alpha value is -1.45. The van der Waals surface area contributed by atoms with Crippen molar-refractivity contribution in [1.29, 1.82) is 0 Å². The lowest BCUT2D eigenvalue weighted by Crippen LogP contribution is -2.43. The summed E-state index contributed by atoms with van der Waals surface area (Å²) in [4.78, 5) is 12.4. The van der Waals surface area contributed by atoms with Gasteiger partial charge in [-0.05, 0) is 25.8 Å². The summed E-state index contributed by atoms with van der Waals surface area (Å²) >= 11 is 0. The van der Waals surface area contributed by atoms with Gasteiger partial charge in [0, 0.05) is 31.4 Å². The molecular formula is C14H25N5O3S. The van der Waals surface area contributed by atoms with Gasteiger partial charge in [0.05, 0.1) is 12.5 Å². The minimum absolute atomic E-state index is 0.100. The molecule has 1 amide bonds. The number of carbonyl (C=O) groups is 1. The molecule has 0 radical (unpaired) electrons. The van der Waals surface area contributed by atoms with Crippen molar-refractivity contribution in [3.63, 3.8) is 0 Å². The van der Waals surface area contributed by atoms with Crippen LogP contribution in [0.4, 0.5) is 0 Å². The highest BCUT2D eigenvalue weighted by Crippen LogP contribution is 2.25. The van der Waals surface area contributed by atoms with Gasteiger partial charge < -0.3 is 10.6 Å². The first-order valence-corrected chi connectivity index (χ1v) is 9.60. The molecule has 0 aliphatic heterocycles. The Morgan fingerprint density at radius 3 is 2.78 bits per heavy atom. The molecule has 1 aromatic rings. The minimum Gasteiger partial charge on any atom is -0.354 e. The molecule has 130 valence electrons. The second kappa shape index (κ2) is 7.41. The Kier molecular flexibility index (Phi) is 5.77. The van der Waals surface area contributed by atoms with E-state index in [1.165, 1.54) is 6.26 Å². The third-order valence-corrected chi connectivity index (χ3v) is 4.90. The van der Waals surface area contributed by atoms with E-state index < -0.39 is 16.1 Å². The second-order valence-corrected chi connectivity index (χ2v) is 7.88. The number of amides is 1. The third kappa shape index (κ3) is 5.02. The van der Waals surface area contributed by atoms with Gasteiger partial charge in [0.2, 0.25) is 15.9 Å². The van der Waals surface area contributed by atoms with E-state index in [1.807, 2.05) is 0 Å². The van der Waals surface area contributed by atoms with Crippen LogP contribution in [0.25, 0.3) is 0 Å². The van der Waals surface area contributed by atoms with Gasteiger partial charge in [0.1, 0.15) is 6.04 Å². The van der Waals surface area contributed by atoms with Crippen LogP contribution in [-0.2, 0) is 21.9 Å². The van der Waals surface area contributed by atoms with Crippen molar-refractivity contribution in [2.75, 3.05) is 19.8 Å². The molecule has 3 atom stereocenters. The molecule has 1 aliphatic carbocycles. The lowest BCUT2D eigenvalue weighted by Gasteiger charge is -2.22. The molecule has 3 N–H and O–H groups in total. The van der Waals surface area contributed by atoms with Gasteiger partial charge in [-0.25, -0.2) is 13.1 Å². The summed E-state index contributed by atoms with van der Waals surface area (Å²) in [5.74, 6) is -0.00872. The van der Waals surface area contributed by atoms with Crippen molar-refractivity contribution in [1.82, 2.24) is 25.1 Å². The van der Waals surface area contributed by atoms with Crippen LogP contribution in [0.15, 0.2) is 12.4 Å². The van der Waals surface area contributed by atoms with Crippen LogP contribution < -0.4 is 15.4 Å². The number of likely N-dealkylation sites (N-methyl/N-ethyl adjacent to an activating group) is 1. The van der Waals surface area contributed by atoms with Gasteiger partial charge >= 0.3 is 0 Å². The summed E-state index contributed by atoms with van der Waals surface area (Å²) in [5, 5.41) is 9.98. The molecule has 0 aromatic carbocycles. The molecule has 9 heteroatoms. The molecule has 1 aliphatic rings. The number of nitrogens with one attached hydrogen (secondary N) is 3. The van der Waals surface area contributed by atoms with Crippen LogP contribution >= 0.6 is 0 Å². The van der Waals surface area contributed by atoms with Crippen LogP contribution in [0.1, 0.15) is 30.9 Å². The highest BCUT2D eigenvalue weighted by molar-refractivity contribution is 7.88. The van der Waals surface area contributed by atoms with Crippen molar-refractivity contribution >= 4 is 15.9 Å². The number of hydrogen-bond acceptors (Lipinski definition) is 5. The van der Waals surface area contributed by atoms with Gasteiger partial charge in [0.15, 0.2) is 0 Å². The number of carbonyl (C=O) groups excluding carboxylic acids is 1. The Balaban J connectivity index is 1.92. The predicted molar refractivity (Wildman–Crippen MR) is 87.1 cm³/mol. The van der Waals surface area contributed by atoms with Gasteiger partial charge in [-0.2, -0.15) is 5.10 Å². The SMILES string of the molecule is CNC(C(=O)NCC1CCCC1NS(C)(=O)=O)c1cnn(C)c1. The van der Waals surface area contributed by atoms with Crippen molar-refractivity contribution in [2.45, 2.75) is 31.3 Å². The molecular weight excluding hydrogens is 318 g/mol. The van der Waals surface area contributed by atoms with Crippen LogP contribution in [0, 0.1) is 5.92 Å². The largest absolute Gasteiger partial charge is 0.354 e. The van der Waals surface area contributed by atoms with Crippen molar-refractivity contribution < 1.29 is 13.2 Å². The smallest absolute Gasteiger partial charge is 0.241 e. The first-order valence-electron chi connectivity index (χ1n) is 7.71. The van der Waals surface area contributed by atoms with E-state index in [1.54, 1.807) is 31.2 Å². The van der Waals surface area contributed by atoms with E-state index >= 15 is 0 Å². The fourth-order valence-corrected chi connectivity index (χ4v) is 3.94. The Labute approximate surface area is 137 Å². The monoisotopic (exact) mass is 343 g/mol. The molecule has 8 nitrogen and oxygen atoms in total. The first kappa shape index (κ1) is 17.9. The molecule has 23 heavy (non-hydrogen) atoms. The summed E-state index contributed by atoms with van der Waals surface area (Å²) in [7, 11) is 0.296. The van der Waals surface area contributed by atoms with Crippen LogP contribution in [0.5, 0.6) is 0 Å². The molecule has 0 saturated heterocycles. The van der Waals surface area contributed by atoms with Gasteiger partial charge in [-0.1, -0.05) is 6.42 Å². The van der Waals surface area contributed by atoms with Crippen molar-refractivity contribution in [3.8, 4) is 0 Å². The highest BCUT2D eigenvalue weighted by Gasteiger charge is 2.30. The molecule has 0 bridgehead atoms. The quantitative estimate of drug-likeness (QED) is 0.620. The first-order chi connectivity index (χ1) is 10.8. The van der Waals surface area contributed by atoms with Crippen LogP contribution in [0.2, 0.25) is 0 Å². The topological polar surface area (TPSA) is 105 Å². The van der Waals surface area contributed by atoms with Crippen LogP contribution in [0.3, 0.4) is 0 Å². The third-order valence-electron chi connectivity index (χ3n) is 4.17. The summed E-state index contributed by atoms with van der Waals surface area (Å²) in [5.41, 5.74) is 0.796. The van der Waals surface area contributed by atoms with E-state index in [2.05, 4.69) is 20.5 Å². The summed E-state index contributed by atoms with van der Waals surface area (Å²) in [6.45, 7) is 0.463. The lowest BCUT2D eigenvalue weighted by molar-refractivity contribution is -0.123. The molecule has 2 rings (SSSR count). The average Bonchev–Trinajstić information content (AvgIpc) is 3.05. The van der Waals surface area contributed by atoms with Gasteiger partial charge in [-0.15, -0.1) is 0 Å². The zero-order chi connectivity index (χ0) is 17.0. The fraction of sp³-hybridized carbons (Fsp3) is 0.714. The second-order valence-electron chi connectivity index (χ2n) is 6.10. The molecule has 1 saturated carbocycles. The number of rotatable bonds is 7. The van der Waals surface area contributed by atoms with E-state index in [0.717, 1.165) is 24.8 Å². The Morgan fingerprint density at radius 1 is 1.48 bits per heavy atom. The van der Waals surface area contributed by atoms with E-state index in [9.17, 15) is 13.2 Å². The molecule has 1 aromatic heterocycles. The fourth-order valence-electron chi connectivity index (χ4n) is 3.08. The maximum Gasteiger partial charge on any atom is 0.241 e. The average molecular weight is 343 g/mol. The number of hydrogen-bond donors (Lipinski definition) is 3. The predicted octanol–water partition coefficient (Wildman–Crippen LogP) is -0.485. The van der Waals surface area contributed by atoms with E-state index in [4.69, 9.17) is 0 Å². The summed E-state index contributed by atoms with van der Waals surface area (Å²) in [6.07, 6.45) is 7.30. The molecule has 1 fully saturated rings. The zero-order valence-corrected chi connectivity index (χ0v) is 14.6. The van der Waals surface area contributed by atoms with Crippen molar-refractivity contribution in [3.05, 3.63) is 18.0 Å².